The van der Waals surface area contributed by atoms with Gasteiger partial charge in [0, 0.05) is 16.7 Å². The molecule has 6 heteroatoms. The number of aliphatic hydroxyl groups excluding tert-OH is 1. The Morgan fingerprint density at radius 2 is 1.78 bits per heavy atom. The van der Waals surface area contributed by atoms with Crippen molar-refractivity contribution in [1.82, 2.24) is 10.2 Å². The molecule has 1 atom stereocenters. The summed E-state index contributed by atoms with van der Waals surface area (Å²) in [5, 5.41) is 17.9. The molecule has 0 aliphatic heterocycles. The highest BCUT2D eigenvalue weighted by Gasteiger charge is 2.30. The fourth-order valence-corrected chi connectivity index (χ4v) is 3.47. The van der Waals surface area contributed by atoms with Crippen LogP contribution in [0.15, 0.2) is 46.9 Å². The lowest BCUT2D eigenvalue weighted by atomic mass is 9.78. The molecule has 6 nitrogen and oxygen atoms in total. The third-order valence-corrected chi connectivity index (χ3v) is 5.04. The Bertz CT molecular complexity index is 936. The summed E-state index contributed by atoms with van der Waals surface area (Å²) in [7, 11) is 0. The maximum atomic E-state index is 9.50. The lowest BCUT2D eigenvalue weighted by Gasteiger charge is -2.33. The average molecular weight is 365 g/mol. The molecule has 2 aromatic carbocycles. The number of aryl methyl sites for hydroxylation is 1. The van der Waals surface area contributed by atoms with Gasteiger partial charge in [-0.25, -0.2) is 0 Å². The fraction of sp³-hybridized carbons (Fsp3) is 0.333. The standard InChI is InChI=1S/C21H23N3O3/c1-2-26-18-7-5-14(6-8-18)19-23-24-20(27-19)16-3-4-17-12-21(22,13-25)10-9-15(17)11-16/h3-8,11,25H,2,9-10,12-13,22H2,1H3. The van der Waals surface area contributed by atoms with Gasteiger partial charge in [0.25, 0.3) is 0 Å². The van der Waals surface area contributed by atoms with E-state index in [1.807, 2.05) is 43.3 Å². The Labute approximate surface area is 158 Å². The molecule has 1 aliphatic carbocycles. The van der Waals surface area contributed by atoms with Crippen molar-refractivity contribution in [3.05, 3.63) is 53.6 Å². The second kappa shape index (κ2) is 7.13. The minimum absolute atomic E-state index is 0.00327. The maximum absolute atomic E-state index is 9.50. The highest BCUT2D eigenvalue weighted by molar-refractivity contribution is 5.60. The summed E-state index contributed by atoms with van der Waals surface area (Å²) in [6.45, 7) is 2.59. The van der Waals surface area contributed by atoms with Crippen molar-refractivity contribution >= 4 is 0 Å². The van der Waals surface area contributed by atoms with Crippen LogP contribution in [0.1, 0.15) is 24.5 Å². The van der Waals surface area contributed by atoms with Crippen molar-refractivity contribution in [3.8, 4) is 28.7 Å². The topological polar surface area (TPSA) is 94.4 Å². The molecule has 140 valence electrons. The first-order valence-electron chi connectivity index (χ1n) is 9.19. The van der Waals surface area contributed by atoms with Crippen LogP contribution in [-0.2, 0) is 12.8 Å². The van der Waals surface area contributed by atoms with Crippen molar-refractivity contribution in [2.45, 2.75) is 31.7 Å². The second-order valence-electron chi connectivity index (χ2n) is 7.05. The molecular weight excluding hydrogens is 342 g/mol. The van der Waals surface area contributed by atoms with Gasteiger partial charge >= 0.3 is 0 Å². The van der Waals surface area contributed by atoms with Gasteiger partial charge in [-0.05, 0) is 73.7 Å². The number of benzene rings is 2. The van der Waals surface area contributed by atoms with Gasteiger partial charge in [0.1, 0.15) is 5.75 Å². The predicted octanol–water partition coefficient (Wildman–Crippen LogP) is 2.98. The zero-order chi connectivity index (χ0) is 18.9. The number of aromatic nitrogens is 2. The zero-order valence-electron chi connectivity index (χ0n) is 15.3. The Morgan fingerprint density at radius 3 is 2.48 bits per heavy atom. The molecule has 0 fully saturated rings. The molecule has 3 N–H and O–H groups in total. The first-order chi connectivity index (χ1) is 13.1. The third-order valence-electron chi connectivity index (χ3n) is 5.04. The molecule has 1 aromatic heterocycles. The summed E-state index contributed by atoms with van der Waals surface area (Å²) in [6.07, 6.45) is 2.28. The number of hydrogen-bond acceptors (Lipinski definition) is 6. The molecule has 0 amide bonds. The normalized spacial score (nSPS) is 18.9. The van der Waals surface area contributed by atoms with Crippen LogP contribution in [0, 0.1) is 0 Å². The molecule has 1 heterocycles. The summed E-state index contributed by atoms with van der Waals surface area (Å²) in [5.41, 5.74) is 9.85. The van der Waals surface area contributed by atoms with Gasteiger partial charge in [0.15, 0.2) is 0 Å². The quantitative estimate of drug-likeness (QED) is 0.722. The van der Waals surface area contributed by atoms with Gasteiger partial charge in [-0.3, -0.25) is 0 Å². The van der Waals surface area contributed by atoms with E-state index in [2.05, 4.69) is 16.3 Å². The first kappa shape index (κ1) is 17.7. The first-order valence-corrected chi connectivity index (χ1v) is 9.19. The summed E-state index contributed by atoms with van der Waals surface area (Å²) in [6, 6.07) is 13.7. The number of ether oxygens (including phenoxy) is 1. The Kier molecular flexibility index (Phi) is 4.68. The van der Waals surface area contributed by atoms with Gasteiger partial charge in [0.05, 0.1) is 13.2 Å². The Morgan fingerprint density at radius 1 is 1.07 bits per heavy atom. The van der Waals surface area contributed by atoms with Crippen molar-refractivity contribution < 1.29 is 14.3 Å². The van der Waals surface area contributed by atoms with Crippen LogP contribution in [0.2, 0.25) is 0 Å². The van der Waals surface area contributed by atoms with Crippen molar-refractivity contribution in [3.63, 3.8) is 0 Å². The van der Waals surface area contributed by atoms with Gasteiger partial charge < -0.3 is 20.0 Å². The van der Waals surface area contributed by atoms with E-state index in [0.29, 0.717) is 24.8 Å². The minimum atomic E-state index is -0.514. The van der Waals surface area contributed by atoms with Crippen molar-refractivity contribution in [2.24, 2.45) is 5.73 Å². The van der Waals surface area contributed by atoms with E-state index >= 15 is 0 Å². The third kappa shape index (κ3) is 3.59. The second-order valence-corrected chi connectivity index (χ2v) is 7.05. The molecular formula is C21H23N3O3. The van der Waals surface area contributed by atoms with Crippen LogP contribution in [0.25, 0.3) is 22.9 Å². The lowest BCUT2D eigenvalue weighted by molar-refractivity contribution is 0.181. The van der Waals surface area contributed by atoms with Crippen LogP contribution < -0.4 is 10.5 Å². The van der Waals surface area contributed by atoms with E-state index in [1.54, 1.807) is 0 Å². The van der Waals surface area contributed by atoms with Gasteiger partial charge in [0.2, 0.25) is 11.8 Å². The molecule has 0 bridgehead atoms. The van der Waals surface area contributed by atoms with Crippen molar-refractivity contribution in [1.29, 1.82) is 0 Å². The van der Waals surface area contributed by atoms with Crippen molar-refractivity contribution in [2.75, 3.05) is 13.2 Å². The molecule has 0 saturated heterocycles. The molecule has 1 unspecified atom stereocenters. The lowest BCUT2D eigenvalue weighted by Crippen LogP contribution is -2.48. The molecule has 4 rings (SSSR count). The van der Waals surface area contributed by atoms with E-state index < -0.39 is 5.54 Å². The van der Waals surface area contributed by atoms with E-state index in [0.717, 1.165) is 29.7 Å². The number of nitrogens with zero attached hydrogens (tertiary/aromatic N) is 2. The number of fused-ring (bicyclic) bond motifs is 1. The largest absolute Gasteiger partial charge is 0.494 e. The predicted molar refractivity (Wildman–Crippen MR) is 102 cm³/mol. The molecule has 0 radical (unpaired) electrons. The van der Waals surface area contributed by atoms with E-state index in [1.165, 1.54) is 11.1 Å². The smallest absolute Gasteiger partial charge is 0.248 e. The summed E-state index contributed by atoms with van der Waals surface area (Å²) < 4.78 is 11.3. The summed E-state index contributed by atoms with van der Waals surface area (Å²) in [5.74, 6) is 1.79. The summed E-state index contributed by atoms with van der Waals surface area (Å²) >= 11 is 0. The summed E-state index contributed by atoms with van der Waals surface area (Å²) in [4.78, 5) is 0. The van der Waals surface area contributed by atoms with Crippen LogP contribution in [-0.4, -0.2) is 34.1 Å². The van der Waals surface area contributed by atoms with E-state index in [-0.39, 0.29) is 6.61 Å². The van der Waals surface area contributed by atoms with Gasteiger partial charge in [-0.1, -0.05) is 6.07 Å². The molecule has 3 aromatic rings. The Balaban J connectivity index is 1.57. The molecule has 0 saturated carbocycles. The van der Waals surface area contributed by atoms with E-state index in [9.17, 15) is 5.11 Å². The minimum Gasteiger partial charge on any atom is -0.494 e. The van der Waals surface area contributed by atoms with Crippen LogP contribution in [0.4, 0.5) is 0 Å². The molecule has 1 aliphatic rings. The number of aliphatic hydroxyl groups is 1. The average Bonchev–Trinajstić information content (AvgIpc) is 3.19. The van der Waals surface area contributed by atoms with Gasteiger partial charge in [-0.2, -0.15) is 0 Å². The van der Waals surface area contributed by atoms with Crippen LogP contribution >= 0.6 is 0 Å². The zero-order valence-corrected chi connectivity index (χ0v) is 15.3. The number of rotatable bonds is 5. The SMILES string of the molecule is CCOc1ccc(-c2nnc(-c3ccc4c(c3)CCC(N)(CO)C4)o2)cc1. The number of nitrogens with two attached hydrogens (primary N) is 1. The molecule has 27 heavy (non-hydrogen) atoms. The van der Waals surface area contributed by atoms with Gasteiger partial charge in [-0.15, -0.1) is 10.2 Å². The van der Waals surface area contributed by atoms with Crippen LogP contribution in [0.5, 0.6) is 5.75 Å². The Hall–Kier alpha value is -2.70. The maximum Gasteiger partial charge on any atom is 0.248 e. The highest BCUT2D eigenvalue weighted by atomic mass is 16.5. The molecule has 0 spiro atoms. The number of hydrogen-bond donors (Lipinski definition) is 2. The fourth-order valence-electron chi connectivity index (χ4n) is 3.47. The monoisotopic (exact) mass is 365 g/mol. The van der Waals surface area contributed by atoms with E-state index in [4.69, 9.17) is 14.9 Å². The highest BCUT2D eigenvalue weighted by Crippen LogP contribution is 2.31. The van der Waals surface area contributed by atoms with Crippen LogP contribution in [0.3, 0.4) is 0 Å².